The van der Waals surface area contributed by atoms with Crippen LogP contribution >= 0.6 is 15.9 Å². The Labute approximate surface area is 98.6 Å². The third-order valence-electron chi connectivity index (χ3n) is 2.31. The predicted molar refractivity (Wildman–Crippen MR) is 63.8 cm³/mol. The molecule has 0 spiro atoms. The highest BCUT2D eigenvalue weighted by Gasteiger charge is 2.24. The first-order valence-electron chi connectivity index (χ1n) is 4.71. The molecule has 1 amide bonds. The van der Waals surface area contributed by atoms with Gasteiger partial charge >= 0.3 is 0 Å². The van der Waals surface area contributed by atoms with E-state index in [0.717, 1.165) is 4.47 Å². The van der Waals surface area contributed by atoms with Gasteiger partial charge in [0.1, 0.15) is 0 Å². The maximum Gasteiger partial charge on any atom is 0.256 e. The predicted octanol–water partition coefficient (Wildman–Crippen LogP) is 2.71. The van der Waals surface area contributed by atoms with E-state index in [4.69, 9.17) is 0 Å². The molecule has 3 nitrogen and oxygen atoms in total. The first kappa shape index (κ1) is 12.2. The molecule has 0 aliphatic rings. The summed E-state index contributed by atoms with van der Waals surface area (Å²) in [4.78, 5) is 17.7. The topological polar surface area (TPSA) is 33.2 Å². The van der Waals surface area contributed by atoms with E-state index in [9.17, 15) is 4.79 Å². The van der Waals surface area contributed by atoms with Crippen LogP contribution < -0.4 is 0 Å². The van der Waals surface area contributed by atoms with Crippen molar-refractivity contribution >= 4 is 21.8 Å². The third kappa shape index (κ3) is 2.78. The van der Waals surface area contributed by atoms with Crippen LogP contribution in [0.4, 0.5) is 0 Å². The lowest BCUT2D eigenvalue weighted by molar-refractivity contribution is 0.0654. The Kier molecular flexibility index (Phi) is 3.50. The zero-order valence-electron chi connectivity index (χ0n) is 9.41. The Balaban J connectivity index is 3.01. The van der Waals surface area contributed by atoms with Gasteiger partial charge in [0.25, 0.3) is 5.91 Å². The zero-order chi connectivity index (χ0) is 11.6. The minimum absolute atomic E-state index is 0.0255. The van der Waals surface area contributed by atoms with Crippen molar-refractivity contribution in [2.75, 3.05) is 7.05 Å². The average molecular weight is 271 g/mol. The number of nitrogens with zero attached hydrogens (tertiary/aromatic N) is 2. The van der Waals surface area contributed by atoms with Crippen LogP contribution in [0.5, 0.6) is 0 Å². The Morgan fingerprint density at radius 1 is 1.47 bits per heavy atom. The molecule has 1 aromatic rings. The van der Waals surface area contributed by atoms with E-state index in [1.54, 1.807) is 30.4 Å². The monoisotopic (exact) mass is 270 g/mol. The second-order valence-corrected chi connectivity index (χ2v) is 5.24. The number of aromatic nitrogens is 1. The van der Waals surface area contributed by atoms with Crippen molar-refractivity contribution in [2.24, 2.45) is 0 Å². The number of hydrogen-bond acceptors (Lipinski definition) is 2. The minimum Gasteiger partial charge on any atom is -0.337 e. The number of carbonyl (C=O) groups is 1. The van der Waals surface area contributed by atoms with Crippen molar-refractivity contribution in [3.8, 4) is 0 Å². The second-order valence-electron chi connectivity index (χ2n) is 4.39. The van der Waals surface area contributed by atoms with E-state index in [1.807, 2.05) is 20.8 Å². The first-order chi connectivity index (χ1) is 6.84. The van der Waals surface area contributed by atoms with Crippen molar-refractivity contribution < 1.29 is 4.79 Å². The van der Waals surface area contributed by atoms with Gasteiger partial charge in [0.15, 0.2) is 0 Å². The molecule has 0 unspecified atom stereocenters. The Hall–Kier alpha value is -0.900. The van der Waals surface area contributed by atoms with Crippen LogP contribution in [0.25, 0.3) is 0 Å². The summed E-state index contributed by atoms with van der Waals surface area (Å²) in [5.74, 6) is -0.0255. The third-order valence-corrected chi connectivity index (χ3v) is 3.00. The molecule has 0 radical (unpaired) electrons. The number of pyridine rings is 1. The number of halogens is 1. The smallest absolute Gasteiger partial charge is 0.256 e. The van der Waals surface area contributed by atoms with Crippen molar-refractivity contribution in [3.05, 3.63) is 28.5 Å². The summed E-state index contributed by atoms with van der Waals surface area (Å²) in [6.07, 6.45) is 3.23. The van der Waals surface area contributed by atoms with Crippen LogP contribution in [-0.4, -0.2) is 28.4 Å². The highest BCUT2D eigenvalue weighted by atomic mass is 79.9. The van der Waals surface area contributed by atoms with Gasteiger partial charge in [-0.2, -0.15) is 0 Å². The van der Waals surface area contributed by atoms with Gasteiger partial charge in [-0.1, -0.05) is 0 Å². The van der Waals surface area contributed by atoms with Crippen LogP contribution in [0.15, 0.2) is 22.9 Å². The molecule has 1 rings (SSSR count). The van der Waals surface area contributed by atoms with Crippen LogP contribution in [-0.2, 0) is 0 Å². The van der Waals surface area contributed by atoms with Gasteiger partial charge in [-0.15, -0.1) is 0 Å². The van der Waals surface area contributed by atoms with Crippen LogP contribution in [0.1, 0.15) is 31.1 Å². The number of rotatable bonds is 1. The molecule has 82 valence electrons. The number of carbonyl (C=O) groups excluding carboxylic acids is 1. The molecule has 0 fully saturated rings. The summed E-state index contributed by atoms with van der Waals surface area (Å²) in [7, 11) is 1.79. The number of hydrogen-bond donors (Lipinski definition) is 0. The highest BCUT2D eigenvalue weighted by Crippen LogP contribution is 2.20. The fourth-order valence-corrected chi connectivity index (χ4v) is 1.41. The SMILES string of the molecule is CN(C(=O)c1cnccc1Br)C(C)(C)C. The molecule has 0 aliphatic carbocycles. The Bertz CT molecular complexity index is 371. The van der Waals surface area contributed by atoms with Gasteiger partial charge in [-0.25, -0.2) is 0 Å². The molecule has 0 saturated heterocycles. The molecular formula is C11H15BrN2O. The van der Waals surface area contributed by atoms with E-state index in [0.29, 0.717) is 5.56 Å². The molecule has 0 saturated carbocycles. The van der Waals surface area contributed by atoms with Gasteiger partial charge in [0.05, 0.1) is 5.56 Å². The van der Waals surface area contributed by atoms with E-state index in [-0.39, 0.29) is 11.4 Å². The molecule has 1 aromatic heterocycles. The van der Waals surface area contributed by atoms with Crippen LogP contribution in [0.3, 0.4) is 0 Å². The second kappa shape index (κ2) is 4.31. The molecule has 4 heteroatoms. The molecule has 0 bridgehead atoms. The summed E-state index contributed by atoms with van der Waals surface area (Å²) in [6.45, 7) is 5.99. The van der Waals surface area contributed by atoms with Gasteiger partial charge in [-0.05, 0) is 42.8 Å². The first-order valence-corrected chi connectivity index (χ1v) is 5.51. The van der Waals surface area contributed by atoms with Gasteiger partial charge < -0.3 is 4.90 Å². The fraction of sp³-hybridized carbons (Fsp3) is 0.455. The molecule has 1 heterocycles. The summed E-state index contributed by atoms with van der Waals surface area (Å²) >= 11 is 3.34. The average Bonchev–Trinajstić information content (AvgIpc) is 2.15. The lowest BCUT2D eigenvalue weighted by atomic mass is 10.1. The van der Waals surface area contributed by atoms with Crippen molar-refractivity contribution in [2.45, 2.75) is 26.3 Å². The molecule has 0 aliphatic heterocycles. The maximum absolute atomic E-state index is 12.1. The summed E-state index contributed by atoms with van der Waals surface area (Å²) in [5, 5.41) is 0. The van der Waals surface area contributed by atoms with E-state index in [2.05, 4.69) is 20.9 Å². The Morgan fingerprint density at radius 2 is 2.07 bits per heavy atom. The Morgan fingerprint density at radius 3 is 2.53 bits per heavy atom. The summed E-state index contributed by atoms with van der Waals surface area (Å²) < 4.78 is 0.776. The number of amides is 1. The van der Waals surface area contributed by atoms with Crippen molar-refractivity contribution in [1.29, 1.82) is 0 Å². The lowest BCUT2D eigenvalue weighted by Gasteiger charge is -2.32. The summed E-state index contributed by atoms with van der Waals surface area (Å²) in [5.41, 5.74) is 0.404. The van der Waals surface area contributed by atoms with E-state index < -0.39 is 0 Å². The fourth-order valence-electron chi connectivity index (χ4n) is 1.02. The largest absolute Gasteiger partial charge is 0.337 e. The highest BCUT2D eigenvalue weighted by molar-refractivity contribution is 9.10. The van der Waals surface area contributed by atoms with E-state index >= 15 is 0 Å². The molecular weight excluding hydrogens is 256 g/mol. The van der Waals surface area contributed by atoms with Crippen molar-refractivity contribution in [1.82, 2.24) is 9.88 Å². The molecule has 0 aromatic carbocycles. The van der Waals surface area contributed by atoms with Crippen LogP contribution in [0.2, 0.25) is 0 Å². The molecule has 0 atom stereocenters. The zero-order valence-corrected chi connectivity index (χ0v) is 11.0. The maximum atomic E-state index is 12.1. The van der Waals surface area contributed by atoms with Gasteiger partial charge in [0.2, 0.25) is 0 Å². The van der Waals surface area contributed by atoms with Crippen LogP contribution in [0, 0.1) is 0 Å². The van der Waals surface area contributed by atoms with Gasteiger partial charge in [-0.3, -0.25) is 9.78 Å². The lowest BCUT2D eigenvalue weighted by Crippen LogP contribution is -2.42. The molecule has 15 heavy (non-hydrogen) atoms. The quantitative estimate of drug-likeness (QED) is 0.786. The summed E-state index contributed by atoms with van der Waals surface area (Å²) in [6, 6.07) is 1.77. The molecule has 0 N–H and O–H groups in total. The van der Waals surface area contributed by atoms with Gasteiger partial charge in [0, 0.05) is 29.5 Å². The van der Waals surface area contributed by atoms with E-state index in [1.165, 1.54) is 0 Å². The van der Waals surface area contributed by atoms with Crippen molar-refractivity contribution in [3.63, 3.8) is 0 Å². The minimum atomic E-state index is -0.188. The standard InChI is InChI=1S/C11H15BrN2O/c1-11(2,3)14(4)10(15)8-7-13-6-5-9(8)12/h5-7H,1-4H3. The normalized spacial score (nSPS) is 11.3.